The molecule has 100 valence electrons. The second-order valence-electron chi connectivity index (χ2n) is 3.49. The molecule has 0 fully saturated rings. The van der Waals surface area contributed by atoms with Crippen molar-refractivity contribution >= 4 is 33.4 Å². The van der Waals surface area contributed by atoms with Crippen molar-refractivity contribution in [3.05, 3.63) is 40.3 Å². The average Bonchev–Trinajstić information content (AvgIpc) is 2.41. The fourth-order valence-corrected chi connectivity index (χ4v) is 1.62. The number of aromatic nitrogens is 2. The molecule has 4 nitrogen and oxygen atoms in total. The molecule has 0 bridgehead atoms. The van der Waals surface area contributed by atoms with E-state index < -0.39 is 17.5 Å². The lowest BCUT2D eigenvalue weighted by atomic mass is 10.3. The molecule has 8 heteroatoms. The number of anilines is 3. The summed E-state index contributed by atoms with van der Waals surface area (Å²) in [5.41, 5.74) is -0.222. The maximum atomic E-state index is 13.5. The van der Waals surface area contributed by atoms with Crippen LogP contribution < -0.4 is 10.6 Å². The summed E-state index contributed by atoms with van der Waals surface area (Å²) in [4.78, 5) is 7.93. The van der Waals surface area contributed by atoms with Gasteiger partial charge in [0.25, 0.3) is 0 Å². The Labute approximate surface area is 115 Å². The molecule has 0 atom stereocenters. The predicted octanol–water partition coefficient (Wildman–Crippen LogP) is 3.44. The summed E-state index contributed by atoms with van der Waals surface area (Å²) in [6, 6.07) is 1.91. The van der Waals surface area contributed by atoms with Gasteiger partial charge in [-0.2, -0.15) is 4.98 Å². The van der Waals surface area contributed by atoms with Crippen molar-refractivity contribution in [1.29, 1.82) is 0 Å². The molecule has 0 unspecified atom stereocenters. The Kier molecular flexibility index (Phi) is 3.89. The van der Waals surface area contributed by atoms with Crippen LogP contribution in [0.25, 0.3) is 0 Å². The molecular weight excluding hydrogens is 325 g/mol. The van der Waals surface area contributed by atoms with Crippen LogP contribution in [0.15, 0.2) is 22.8 Å². The van der Waals surface area contributed by atoms with Gasteiger partial charge in [-0.05, 0) is 28.1 Å². The normalized spacial score (nSPS) is 10.4. The number of hydrogen-bond donors (Lipinski definition) is 2. The van der Waals surface area contributed by atoms with Crippen molar-refractivity contribution in [2.24, 2.45) is 0 Å². The maximum absolute atomic E-state index is 13.5. The van der Waals surface area contributed by atoms with Gasteiger partial charge in [-0.15, -0.1) is 0 Å². The summed E-state index contributed by atoms with van der Waals surface area (Å²) in [6.45, 7) is 0. The molecule has 0 saturated heterocycles. The Morgan fingerprint density at radius 3 is 2.58 bits per heavy atom. The smallest absolute Gasteiger partial charge is 0.224 e. The number of nitrogens with one attached hydrogen (secondary N) is 2. The number of rotatable bonds is 3. The lowest BCUT2D eigenvalue weighted by Gasteiger charge is -2.10. The second-order valence-corrected chi connectivity index (χ2v) is 4.34. The Hall–Kier alpha value is -1.83. The minimum atomic E-state index is -1.54. The van der Waals surface area contributed by atoms with E-state index in [0.29, 0.717) is 10.4 Å². The van der Waals surface area contributed by atoms with Crippen LogP contribution in [0.2, 0.25) is 0 Å². The zero-order valence-corrected chi connectivity index (χ0v) is 11.2. The monoisotopic (exact) mass is 332 g/mol. The molecule has 2 rings (SSSR count). The summed E-state index contributed by atoms with van der Waals surface area (Å²) in [5, 5.41) is 5.27. The second kappa shape index (κ2) is 5.43. The average molecular weight is 333 g/mol. The number of nitrogens with zero attached hydrogens (tertiary/aromatic N) is 2. The largest absolute Gasteiger partial charge is 0.357 e. The predicted molar refractivity (Wildman–Crippen MR) is 68.9 cm³/mol. The van der Waals surface area contributed by atoms with Gasteiger partial charge in [0.1, 0.15) is 5.82 Å². The molecule has 0 aliphatic heterocycles. The van der Waals surface area contributed by atoms with E-state index >= 15 is 0 Å². The van der Waals surface area contributed by atoms with E-state index in [2.05, 4.69) is 36.5 Å². The van der Waals surface area contributed by atoms with Crippen molar-refractivity contribution in [1.82, 2.24) is 9.97 Å². The minimum absolute atomic E-state index is 0.222. The van der Waals surface area contributed by atoms with Crippen LogP contribution in [0.3, 0.4) is 0 Å². The third-order valence-electron chi connectivity index (χ3n) is 2.26. The molecule has 0 amide bonds. The SMILES string of the molecule is CNc1ncc(Br)c(Nc2ccc(F)c(F)c2F)n1. The summed E-state index contributed by atoms with van der Waals surface area (Å²) >= 11 is 3.17. The van der Waals surface area contributed by atoms with Gasteiger partial charge in [0.05, 0.1) is 10.2 Å². The molecule has 1 aromatic heterocycles. The van der Waals surface area contributed by atoms with Gasteiger partial charge in [0.15, 0.2) is 17.5 Å². The summed E-state index contributed by atoms with van der Waals surface area (Å²) in [5.74, 6) is -3.57. The lowest BCUT2D eigenvalue weighted by Crippen LogP contribution is -2.03. The first-order valence-corrected chi connectivity index (χ1v) is 5.93. The zero-order valence-electron chi connectivity index (χ0n) is 9.64. The van der Waals surface area contributed by atoms with Crippen molar-refractivity contribution in [3.8, 4) is 0 Å². The summed E-state index contributed by atoms with van der Waals surface area (Å²) in [6.07, 6.45) is 1.44. The fourth-order valence-electron chi connectivity index (χ4n) is 1.33. The maximum Gasteiger partial charge on any atom is 0.224 e. The van der Waals surface area contributed by atoms with E-state index in [0.717, 1.165) is 12.1 Å². The van der Waals surface area contributed by atoms with E-state index in [1.54, 1.807) is 7.05 Å². The first-order valence-electron chi connectivity index (χ1n) is 5.13. The fraction of sp³-hybridized carbons (Fsp3) is 0.0909. The van der Waals surface area contributed by atoms with Crippen molar-refractivity contribution in [3.63, 3.8) is 0 Å². The first-order chi connectivity index (χ1) is 9.02. The molecule has 0 radical (unpaired) electrons. The van der Waals surface area contributed by atoms with Gasteiger partial charge >= 0.3 is 0 Å². The van der Waals surface area contributed by atoms with Crippen LogP contribution in [0.1, 0.15) is 0 Å². The first kappa shape index (κ1) is 13.6. The number of hydrogen-bond acceptors (Lipinski definition) is 4. The molecule has 1 heterocycles. The zero-order chi connectivity index (χ0) is 14.0. The van der Waals surface area contributed by atoms with Gasteiger partial charge < -0.3 is 10.6 Å². The highest BCUT2D eigenvalue weighted by Gasteiger charge is 2.15. The van der Waals surface area contributed by atoms with Gasteiger partial charge in [0.2, 0.25) is 5.95 Å². The molecule has 0 spiro atoms. The molecule has 1 aromatic carbocycles. The van der Waals surface area contributed by atoms with Crippen LogP contribution in [0.5, 0.6) is 0 Å². The molecule has 0 saturated carbocycles. The van der Waals surface area contributed by atoms with Crippen molar-refractivity contribution < 1.29 is 13.2 Å². The van der Waals surface area contributed by atoms with Gasteiger partial charge in [-0.3, -0.25) is 0 Å². The van der Waals surface area contributed by atoms with E-state index in [1.807, 2.05) is 0 Å². The Morgan fingerprint density at radius 2 is 1.89 bits per heavy atom. The highest BCUT2D eigenvalue weighted by atomic mass is 79.9. The number of halogens is 4. The third kappa shape index (κ3) is 2.78. The summed E-state index contributed by atoms with van der Waals surface area (Å²) < 4.78 is 39.9. The van der Waals surface area contributed by atoms with Crippen LogP contribution in [0.4, 0.5) is 30.6 Å². The van der Waals surface area contributed by atoms with E-state index in [4.69, 9.17) is 0 Å². The Balaban J connectivity index is 2.39. The van der Waals surface area contributed by atoms with Gasteiger partial charge in [-0.1, -0.05) is 0 Å². The van der Waals surface area contributed by atoms with Crippen LogP contribution in [-0.4, -0.2) is 17.0 Å². The quantitative estimate of drug-likeness (QED) is 0.845. The summed E-state index contributed by atoms with van der Waals surface area (Å²) in [7, 11) is 1.62. The third-order valence-corrected chi connectivity index (χ3v) is 2.84. The van der Waals surface area contributed by atoms with Gasteiger partial charge in [0, 0.05) is 13.2 Å². The Bertz CT molecular complexity index is 621. The van der Waals surface area contributed by atoms with Crippen molar-refractivity contribution in [2.45, 2.75) is 0 Å². The molecular formula is C11H8BrF3N4. The van der Waals surface area contributed by atoms with E-state index in [1.165, 1.54) is 6.20 Å². The van der Waals surface area contributed by atoms with Gasteiger partial charge in [-0.25, -0.2) is 18.2 Å². The molecule has 19 heavy (non-hydrogen) atoms. The van der Waals surface area contributed by atoms with Crippen LogP contribution >= 0.6 is 15.9 Å². The molecule has 0 aliphatic carbocycles. The van der Waals surface area contributed by atoms with Crippen LogP contribution in [0, 0.1) is 17.5 Å². The van der Waals surface area contributed by atoms with Crippen LogP contribution in [-0.2, 0) is 0 Å². The molecule has 2 N–H and O–H groups in total. The van der Waals surface area contributed by atoms with Crippen molar-refractivity contribution in [2.75, 3.05) is 17.7 Å². The highest BCUT2D eigenvalue weighted by molar-refractivity contribution is 9.10. The topological polar surface area (TPSA) is 49.8 Å². The Morgan fingerprint density at radius 1 is 1.16 bits per heavy atom. The molecule has 2 aromatic rings. The minimum Gasteiger partial charge on any atom is -0.357 e. The van der Waals surface area contributed by atoms with E-state index in [-0.39, 0.29) is 11.5 Å². The van der Waals surface area contributed by atoms with E-state index in [9.17, 15) is 13.2 Å². The standard InChI is InChI=1S/C11H8BrF3N4/c1-16-11-17-4-5(12)10(19-11)18-7-3-2-6(13)8(14)9(7)15/h2-4H,1H3,(H2,16,17,18,19). The lowest BCUT2D eigenvalue weighted by molar-refractivity contribution is 0.449. The highest BCUT2D eigenvalue weighted by Crippen LogP contribution is 2.27. The molecule has 0 aliphatic rings. The number of benzene rings is 1.